The second-order valence-electron chi connectivity index (χ2n) is 4.81. The molecule has 0 aliphatic heterocycles. The van der Waals surface area contributed by atoms with Crippen LogP contribution in [-0.2, 0) is 9.53 Å². The molecule has 2 atom stereocenters. The number of alkyl halides is 2. The zero-order valence-electron chi connectivity index (χ0n) is 10.5. The van der Waals surface area contributed by atoms with Gasteiger partial charge in [0, 0.05) is 0 Å². The van der Waals surface area contributed by atoms with E-state index in [0.29, 0.717) is 0 Å². The van der Waals surface area contributed by atoms with Gasteiger partial charge in [0.1, 0.15) is 11.7 Å². The predicted octanol–water partition coefficient (Wildman–Crippen LogP) is 0.980. The Bertz CT molecular complexity index is 327. The first kappa shape index (κ1) is 16.6. The van der Waals surface area contributed by atoms with E-state index in [-0.39, 0.29) is 0 Å². The van der Waals surface area contributed by atoms with Gasteiger partial charge in [-0.2, -0.15) is 8.78 Å². The van der Waals surface area contributed by atoms with Crippen molar-refractivity contribution in [3.8, 4) is 0 Å². The number of carbonyl (C=O) groups is 2. The highest BCUT2D eigenvalue weighted by Crippen LogP contribution is 2.21. The number of amides is 1. The average Bonchev–Trinajstić information content (AvgIpc) is 2.12. The van der Waals surface area contributed by atoms with Crippen LogP contribution in [0.5, 0.6) is 0 Å². The van der Waals surface area contributed by atoms with Crippen LogP contribution in [0.15, 0.2) is 0 Å². The Morgan fingerprint density at radius 2 is 1.72 bits per heavy atom. The molecule has 0 fully saturated rings. The molecule has 106 valence electrons. The van der Waals surface area contributed by atoms with Gasteiger partial charge in [-0.25, -0.2) is 9.59 Å². The molecule has 0 aromatic carbocycles. The van der Waals surface area contributed by atoms with E-state index in [2.05, 4.69) is 0 Å². The number of hydrogen-bond donors (Lipinski definition) is 3. The lowest BCUT2D eigenvalue weighted by Crippen LogP contribution is -2.54. The number of alkyl carbamates (subject to hydrolysis) is 1. The fraction of sp³-hybridized carbons (Fsp3) is 0.800. The van der Waals surface area contributed by atoms with Gasteiger partial charge >= 0.3 is 18.0 Å². The van der Waals surface area contributed by atoms with Crippen molar-refractivity contribution in [2.75, 3.05) is 0 Å². The second kappa shape index (κ2) is 5.47. The Morgan fingerprint density at radius 1 is 1.28 bits per heavy atom. The van der Waals surface area contributed by atoms with Crippen LogP contribution in [0.2, 0.25) is 0 Å². The normalized spacial score (nSPS) is 15.7. The molecule has 0 aliphatic carbocycles. The van der Waals surface area contributed by atoms with Gasteiger partial charge in [-0.05, 0) is 27.7 Å². The summed E-state index contributed by atoms with van der Waals surface area (Å²) >= 11 is 0. The van der Waals surface area contributed by atoms with Gasteiger partial charge in [0.25, 0.3) is 0 Å². The van der Waals surface area contributed by atoms with Gasteiger partial charge < -0.3 is 20.3 Å². The van der Waals surface area contributed by atoms with Crippen LogP contribution in [0.25, 0.3) is 0 Å². The molecule has 8 heteroatoms. The summed E-state index contributed by atoms with van der Waals surface area (Å²) in [6.45, 7) is 5.75. The van der Waals surface area contributed by atoms with E-state index in [1.807, 2.05) is 5.32 Å². The number of aliphatic carboxylic acids is 1. The molecule has 0 aliphatic rings. The minimum Gasteiger partial charge on any atom is -0.477 e. The molecule has 0 saturated heterocycles. The summed E-state index contributed by atoms with van der Waals surface area (Å²) in [5.41, 5.74) is -0.829. The smallest absolute Gasteiger partial charge is 0.407 e. The molecule has 0 aromatic rings. The number of carboxylic acid groups (broad SMARTS) is 1. The Labute approximate surface area is 103 Å². The summed E-state index contributed by atoms with van der Waals surface area (Å²) in [7, 11) is 0. The lowest BCUT2D eigenvalue weighted by atomic mass is 10.1. The third-order valence-electron chi connectivity index (χ3n) is 1.87. The molecule has 18 heavy (non-hydrogen) atoms. The Kier molecular flexibility index (Phi) is 5.03. The van der Waals surface area contributed by atoms with E-state index in [0.717, 1.165) is 6.92 Å². The summed E-state index contributed by atoms with van der Waals surface area (Å²) in [5, 5.41) is 19.3. The van der Waals surface area contributed by atoms with Gasteiger partial charge in [-0.15, -0.1) is 0 Å². The number of nitrogens with one attached hydrogen (secondary N) is 1. The van der Waals surface area contributed by atoms with Gasteiger partial charge in [-0.3, -0.25) is 0 Å². The van der Waals surface area contributed by atoms with Gasteiger partial charge in [0.2, 0.25) is 0 Å². The van der Waals surface area contributed by atoms with Crippen LogP contribution in [0, 0.1) is 0 Å². The summed E-state index contributed by atoms with van der Waals surface area (Å²) in [4.78, 5) is 21.5. The van der Waals surface area contributed by atoms with Crippen LogP contribution >= 0.6 is 0 Å². The van der Waals surface area contributed by atoms with Crippen LogP contribution in [0.3, 0.4) is 0 Å². The van der Waals surface area contributed by atoms with Crippen molar-refractivity contribution in [1.82, 2.24) is 5.32 Å². The maximum atomic E-state index is 12.9. The third kappa shape index (κ3) is 4.82. The lowest BCUT2D eigenvalue weighted by molar-refractivity contribution is -0.184. The molecule has 0 heterocycles. The van der Waals surface area contributed by atoms with E-state index < -0.39 is 35.7 Å². The zero-order chi connectivity index (χ0) is 14.7. The number of hydrogen-bond acceptors (Lipinski definition) is 4. The summed E-state index contributed by atoms with van der Waals surface area (Å²) in [5.74, 6) is -6.82. The average molecular weight is 269 g/mol. The molecule has 6 nitrogen and oxygen atoms in total. The number of halogens is 2. The lowest BCUT2D eigenvalue weighted by Gasteiger charge is -2.26. The molecular formula is C10H17F2NO5. The van der Waals surface area contributed by atoms with Gasteiger partial charge in [-0.1, -0.05) is 0 Å². The molecule has 0 aromatic heterocycles. The molecule has 0 radical (unpaired) electrons. The van der Waals surface area contributed by atoms with Crippen molar-refractivity contribution >= 4 is 12.1 Å². The van der Waals surface area contributed by atoms with Crippen LogP contribution in [0.4, 0.5) is 13.6 Å². The highest BCUT2D eigenvalue weighted by Gasteiger charge is 2.49. The minimum absolute atomic E-state index is 0.829. The summed E-state index contributed by atoms with van der Waals surface area (Å²) in [6.07, 6.45) is -3.57. The standard InChI is InChI=1S/C10H17F2NO5/c1-5(6(14)10(11,12)7(15)16)13-8(17)18-9(2,3)4/h5-6,14H,1-4H3,(H,13,17)(H,15,16)/t5-,6?/m0/s1. The zero-order valence-corrected chi connectivity index (χ0v) is 10.5. The van der Waals surface area contributed by atoms with Gasteiger partial charge in [0.05, 0.1) is 6.04 Å². The Hall–Kier alpha value is -1.44. The number of carbonyl (C=O) groups excluding carboxylic acids is 1. The SMILES string of the molecule is C[C@H](NC(=O)OC(C)(C)C)C(O)C(F)(F)C(=O)O. The number of carboxylic acids is 1. The van der Waals surface area contributed by atoms with E-state index >= 15 is 0 Å². The number of rotatable bonds is 4. The molecule has 0 spiro atoms. The van der Waals surface area contributed by atoms with E-state index in [1.54, 1.807) is 20.8 Å². The topological polar surface area (TPSA) is 95.9 Å². The Morgan fingerprint density at radius 3 is 2.06 bits per heavy atom. The van der Waals surface area contributed by atoms with Crippen molar-refractivity contribution in [2.45, 2.75) is 51.4 Å². The van der Waals surface area contributed by atoms with Crippen molar-refractivity contribution in [3.63, 3.8) is 0 Å². The molecular weight excluding hydrogens is 252 g/mol. The summed E-state index contributed by atoms with van der Waals surface area (Å²) in [6, 6.07) is -1.48. The van der Waals surface area contributed by atoms with Crippen LogP contribution in [-0.4, -0.2) is 45.9 Å². The first-order valence-electron chi connectivity index (χ1n) is 5.16. The van der Waals surface area contributed by atoms with E-state index in [1.165, 1.54) is 0 Å². The van der Waals surface area contributed by atoms with Crippen molar-refractivity contribution in [2.24, 2.45) is 0 Å². The fourth-order valence-electron chi connectivity index (χ4n) is 1.01. The largest absolute Gasteiger partial charge is 0.477 e. The number of ether oxygens (including phenoxy) is 1. The first-order valence-corrected chi connectivity index (χ1v) is 5.16. The first-order chi connectivity index (χ1) is 7.88. The highest BCUT2D eigenvalue weighted by molar-refractivity contribution is 5.76. The molecule has 1 amide bonds. The third-order valence-corrected chi connectivity index (χ3v) is 1.87. The monoisotopic (exact) mass is 269 g/mol. The van der Waals surface area contributed by atoms with Crippen LogP contribution < -0.4 is 5.32 Å². The molecule has 3 N–H and O–H groups in total. The van der Waals surface area contributed by atoms with Crippen molar-refractivity contribution < 1.29 is 33.3 Å². The second-order valence-corrected chi connectivity index (χ2v) is 4.81. The molecule has 1 unspecified atom stereocenters. The van der Waals surface area contributed by atoms with E-state index in [4.69, 9.17) is 14.9 Å². The summed E-state index contributed by atoms with van der Waals surface area (Å²) < 4.78 is 30.7. The van der Waals surface area contributed by atoms with Gasteiger partial charge in [0.15, 0.2) is 0 Å². The Balaban J connectivity index is 4.55. The van der Waals surface area contributed by atoms with Crippen LogP contribution in [0.1, 0.15) is 27.7 Å². The highest BCUT2D eigenvalue weighted by atomic mass is 19.3. The fourth-order valence-corrected chi connectivity index (χ4v) is 1.01. The molecule has 0 rings (SSSR count). The minimum atomic E-state index is -4.35. The van der Waals surface area contributed by atoms with Crippen molar-refractivity contribution in [1.29, 1.82) is 0 Å². The van der Waals surface area contributed by atoms with E-state index in [9.17, 15) is 18.4 Å². The maximum absolute atomic E-state index is 12.9. The van der Waals surface area contributed by atoms with Crippen molar-refractivity contribution in [3.05, 3.63) is 0 Å². The number of aliphatic hydroxyl groups excluding tert-OH is 1. The quantitative estimate of drug-likeness (QED) is 0.707. The molecule has 0 saturated carbocycles. The molecule has 0 bridgehead atoms. The predicted molar refractivity (Wildman–Crippen MR) is 57.4 cm³/mol. The number of aliphatic hydroxyl groups is 1. The maximum Gasteiger partial charge on any atom is 0.407 e.